The highest BCUT2D eigenvalue weighted by atomic mass is 16.7. The highest BCUT2D eigenvalue weighted by molar-refractivity contribution is 5.79. The molecule has 0 radical (unpaired) electrons. The molecule has 1 fully saturated rings. The molecule has 0 aromatic heterocycles. The number of hydrogen-bond acceptors (Lipinski definition) is 4. The van der Waals surface area contributed by atoms with Gasteiger partial charge in [0.2, 0.25) is 6.79 Å². The number of hydrogen-bond donors (Lipinski definition) is 2. The van der Waals surface area contributed by atoms with Crippen LogP contribution in [0.15, 0.2) is 23.2 Å². The molecule has 138 valence electrons. The quantitative estimate of drug-likeness (QED) is 0.408. The fourth-order valence-electron chi connectivity index (χ4n) is 3.01. The van der Waals surface area contributed by atoms with Crippen molar-refractivity contribution in [3.63, 3.8) is 0 Å². The van der Waals surface area contributed by atoms with Gasteiger partial charge in [0.1, 0.15) is 0 Å². The van der Waals surface area contributed by atoms with Crippen molar-refractivity contribution in [2.24, 2.45) is 4.99 Å². The average molecular weight is 347 g/mol. The maximum atomic E-state index is 5.52. The first-order valence-electron chi connectivity index (χ1n) is 9.27. The Morgan fingerprint density at radius 3 is 2.80 bits per heavy atom. The maximum Gasteiger partial charge on any atom is 0.231 e. The third-order valence-electron chi connectivity index (χ3n) is 4.68. The fourth-order valence-corrected chi connectivity index (χ4v) is 3.01. The van der Waals surface area contributed by atoms with E-state index in [0.717, 1.165) is 56.7 Å². The Morgan fingerprint density at radius 2 is 2.04 bits per heavy atom. The Bertz CT molecular complexity index is 600. The minimum Gasteiger partial charge on any atom is -0.454 e. The van der Waals surface area contributed by atoms with Crippen LogP contribution >= 0.6 is 0 Å². The molecule has 1 saturated carbocycles. The SMILES string of the molecule is CCNC(=NCC1(c2ccc3c(c2)OCO3)CC1)NCCCOCC. The first-order valence-corrected chi connectivity index (χ1v) is 9.27. The molecule has 1 aliphatic carbocycles. The van der Waals surface area contributed by atoms with Crippen molar-refractivity contribution in [1.29, 1.82) is 0 Å². The van der Waals surface area contributed by atoms with E-state index >= 15 is 0 Å². The van der Waals surface area contributed by atoms with Gasteiger partial charge in [0.25, 0.3) is 0 Å². The van der Waals surface area contributed by atoms with Crippen LogP contribution in [0.1, 0.15) is 38.7 Å². The Balaban J connectivity index is 1.57. The Morgan fingerprint density at radius 1 is 1.20 bits per heavy atom. The van der Waals surface area contributed by atoms with Crippen molar-refractivity contribution in [1.82, 2.24) is 10.6 Å². The highest BCUT2D eigenvalue weighted by Gasteiger charge is 2.44. The minimum atomic E-state index is 0.147. The highest BCUT2D eigenvalue weighted by Crippen LogP contribution is 2.50. The lowest BCUT2D eigenvalue weighted by Crippen LogP contribution is -2.38. The monoisotopic (exact) mass is 347 g/mol. The molecule has 0 unspecified atom stereocenters. The fraction of sp³-hybridized carbons (Fsp3) is 0.632. The van der Waals surface area contributed by atoms with Crippen LogP contribution in [-0.2, 0) is 10.2 Å². The van der Waals surface area contributed by atoms with Crippen molar-refractivity contribution in [3.05, 3.63) is 23.8 Å². The van der Waals surface area contributed by atoms with Gasteiger partial charge in [0.15, 0.2) is 17.5 Å². The Labute approximate surface area is 149 Å². The van der Waals surface area contributed by atoms with Gasteiger partial charge in [0, 0.05) is 31.7 Å². The van der Waals surface area contributed by atoms with E-state index in [1.807, 2.05) is 13.0 Å². The molecule has 1 aromatic rings. The van der Waals surface area contributed by atoms with Crippen molar-refractivity contribution >= 4 is 5.96 Å². The van der Waals surface area contributed by atoms with E-state index in [0.29, 0.717) is 6.79 Å². The normalized spacial score (nSPS) is 17.4. The Kier molecular flexibility index (Phi) is 6.02. The molecule has 0 bridgehead atoms. The van der Waals surface area contributed by atoms with Gasteiger partial charge in [-0.1, -0.05) is 6.07 Å². The van der Waals surface area contributed by atoms with E-state index in [2.05, 4.69) is 29.7 Å². The summed E-state index contributed by atoms with van der Waals surface area (Å²) in [6, 6.07) is 6.28. The first-order chi connectivity index (χ1) is 12.3. The lowest BCUT2D eigenvalue weighted by molar-refractivity contribution is 0.145. The predicted octanol–water partition coefficient (Wildman–Crippen LogP) is 2.43. The number of rotatable bonds is 9. The summed E-state index contributed by atoms with van der Waals surface area (Å²) in [7, 11) is 0. The van der Waals surface area contributed by atoms with Gasteiger partial charge in [-0.25, -0.2) is 0 Å². The van der Waals surface area contributed by atoms with Crippen LogP contribution in [0.5, 0.6) is 11.5 Å². The molecule has 25 heavy (non-hydrogen) atoms. The third-order valence-corrected chi connectivity index (χ3v) is 4.68. The zero-order valence-electron chi connectivity index (χ0n) is 15.3. The molecule has 2 aliphatic rings. The van der Waals surface area contributed by atoms with Crippen molar-refractivity contribution in [2.75, 3.05) is 39.6 Å². The van der Waals surface area contributed by atoms with E-state index in [9.17, 15) is 0 Å². The number of ether oxygens (including phenoxy) is 3. The molecular formula is C19H29N3O3. The lowest BCUT2D eigenvalue weighted by atomic mass is 9.96. The van der Waals surface area contributed by atoms with Crippen LogP contribution in [0, 0.1) is 0 Å². The van der Waals surface area contributed by atoms with Gasteiger partial charge < -0.3 is 24.8 Å². The third kappa shape index (κ3) is 4.57. The molecule has 1 heterocycles. The van der Waals surface area contributed by atoms with E-state index in [1.54, 1.807) is 0 Å². The molecular weight excluding hydrogens is 318 g/mol. The summed E-state index contributed by atoms with van der Waals surface area (Å²) < 4.78 is 16.3. The molecule has 1 aromatic carbocycles. The summed E-state index contributed by atoms with van der Waals surface area (Å²) in [6.45, 7) is 8.48. The summed E-state index contributed by atoms with van der Waals surface area (Å²) in [5, 5.41) is 6.71. The zero-order chi connectivity index (χ0) is 17.5. The number of nitrogens with zero attached hydrogens (tertiary/aromatic N) is 1. The van der Waals surface area contributed by atoms with Gasteiger partial charge in [-0.2, -0.15) is 0 Å². The molecule has 0 atom stereocenters. The van der Waals surface area contributed by atoms with E-state index in [4.69, 9.17) is 19.2 Å². The second-order valence-corrected chi connectivity index (χ2v) is 6.52. The molecule has 3 rings (SSSR count). The van der Waals surface area contributed by atoms with Gasteiger partial charge in [-0.3, -0.25) is 4.99 Å². The molecule has 2 N–H and O–H groups in total. The molecule has 6 nitrogen and oxygen atoms in total. The van der Waals surface area contributed by atoms with Gasteiger partial charge in [-0.15, -0.1) is 0 Å². The van der Waals surface area contributed by atoms with Crippen molar-refractivity contribution < 1.29 is 14.2 Å². The molecule has 0 spiro atoms. The summed E-state index contributed by atoms with van der Waals surface area (Å²) in [5.74, 6) is 2.58. The molecule has 0 saturated heterocycles. The number of nitrogens with one attached hydrogen (secondary N) is 2. The second kappa shape index (κ2) is 8.43. The minimum absolute atomic E-state index is 0.147. The van der Waals surface area contributed by atoms with Gasteiger partial charge in [0.05, 0.1) is 6.54 Å². The van der Waals surface area contributed by atoms with Crippen LogP contribution in [0.4, 0.5) is 0 Å². The molecule has 1 aliphatic heterocycles. The summed E-state index contributed by atoms with van der Waals surface area (Å²) in [5.41, 5.74) is 1.45. The predicted molar refractivity (Wildman–Crippen MR) is 98.6 cm³/mol. The number of benzene rings is 1. The maximum absolute atomic E-state index is 5.52. The van der Waals surface area contributed by atoms with Crippen LogP contribution < -0.4 is 20.1 Å². The van der Waals surface area contributed by atoms with Crippen LogP contribution in [0.25, 0.3) is 0 Å². The van der Waals surface area contributed by atoms with Crippen molar-refractivity contribution in [2.45, 2.75) is 38.5 Å². The smallest absolute Gasteiger partial charge is 0.231 e. The summed E-state index contributed by atoms with van der Waals surface area (Å²) in [4.78, 5) is 4.82. The number of guanidine groups is 1. The summed E-state index contributed by atoms with van der Waals surface area (Å²) in [6.07, 6.45) is 3.31. The largest absolute Gasteiger partial charge is 0.454 e. The second-order valence-electron chi connectivity index (χ2n) is 6.52. The zero-order valence-corrected chi connectivity index (χ0v) is 15.3. The van der Waals surface area contributed by atoms with Crippen LogP contribution in [0.2, 0.25) is 0 Å². The van der Waals surface area contributed by atoms with Crippen LogP contribution in [0.3, 0.4) is 0 Å². The number of aliphatic imine (C=N–C) groups is 1. The van der Waals surface area contributed by atoms with E-state index < -0.39 is 0 Å². The van der Waals surface area contributed by atoms with Gasteiger partial charge in [-0.05, 0) is 50.8 Å². The standard InChI is InChI=1S/C19H29N3O3/c1-3-20-18(21-10-5-11-23-4-2)22-13-19(8-9-19)15-6-7-16-17(12-15)25-14-24-16/h6-7,12H,3-5,8-11,13-14H2,1-2H3,(H2,20,21,22). The Hall–Kier alpha value is -1.95. The first kappa shape index (κ1) is 17.9. The number of fused-ring (bicyclic) bond motifs is 1. The van der Waals surface area contributed by atoms with E-state index in [1.165, 1.54) is 18.4 Å². The summed E-state index contributed by atoms with van der Waals surface area (Å²) >= 11 is 0. The lowest BCUT2D eigenvalue weighted by Gasteiger charge is -2.16. The molecule has 6 heteroatoms. The molecule has 0 amide bonds. The van der Waals surface area contributed by atoms with Gasteiger partial charge >= 0.3 is 0 Å². The van der Waals surface area contributed by atoms with Crippen LogP contribution in [-0.4, -0.2) is 45.6 Å². The van der Waals surface area contributed by atoms with E-state index in [-0.39, 0.29) is 5.41 Å². The average Bonchev–Trinajstić information content (AvgIpc) is 3.27. The topological polar surface area (TPSA) is 64.1 Å². The van der Waals surface area contributed by atoms with Crippen molar-refractivity contribution in [3.8, 4) is 11.5 Å².